The molecule has 0 spiro atoms. The van der Waals surface area contributed by atoms with Crippen molar-refractivity contribution in [2.24, 2.45) is 0 Å². The number of rotatable bonds is 3. The summed E-state index contributed by atoms with van der Waals surface area (Å²) < 4.78 is 43.5. The molecule has 2 aromatic rings. The van der Waals surface area contributed by atoms with Crippen molar-refractivity contribution in [3.05, 3.63) is 58.4 Å². The summed E-state index contributed by atoms with van der Waals surface area (Å²) in [7, 11) is 1.14. The molecule has 0 fully saturated rings. The minimum absolute atomic E-state index is 0.119. The van der Waals surface area contributed by atoms with E-state index in [9.17, 15) is 22.8 Å². The van der Waals surface area contributed by atoms with E-state index in [-0.39, 0.29) is 16.4 Å². The standard InChI is InChI=1S/C15H10ClF3N2O3/c1-24-14(23)12-4-2-3-11(20-12)13(22)21-10-6-5-8(16)7-9(10)15(17,18)19/h2-7H,1H3,(H,21,22). The van der Waals surface area contributed by atoms with Crippen LogP contribution in [0.1, 0.15) is 26.5 Å². The predicted octanol–water partition coefficient (Wildman–Crippen LogP) is 3.79. The number of alkyl halides is 3. The number of carbonyl (C=O) groups excluding carboxylic acids is 2. The maximum Gasteiger partial charge on any atom is 0.418 e. The van der Waals surface area contributed by atoms with Crippen molar-refractivity contribution in [1.82, 2.24) is 4.98 Å². The number of nitrogens with one attached hydrogen (secondary N) is 1. The number of amides is 1. The molecule has 9 heteroatoms. The number of aromatic nitrogens is 1. The Labute approximate surface area is 139 Å². The van der Waals surface area contributed by atoms with Crippen molar-refractivity contribution in [1.29, 1.82) is 0 Å². The first-order valence-electron chi connectivity index (χ1n) is 6.46. The summed E-state index contributed by atoms with van der Waals surface area (Å²) in [6.07, 6.45) is -4.70. The summed E-state index contributed by atoms with van der Waals surface area (Å²) in [6, 6.07) is 6.88. The molecule has 126 valence electrons. The van der Waals surface area contributed by atoms with Crippen molar-refractivity contribution < 1.29 is 27.5 Å². The lowest BCUT2D eigenvalue weighted by Gasteiger charge is -2.14. The Morgan fingerprint density at radius 3 is 2.46 bits per heavy atom. The van der Waals surface area contributed by atoms with Gasteiger partial charge in [0.25, 0.3) is 5.91 Å². The quantitative estimate of drug-likeness (QED) is 0.847. The monoisotopic (exact) mass is 358 g/mol. The second kappa shape index (κ2) is 6.88. The number of anilines is 1. The fourth-order valence-electron chi connectivity index (χ4n) is 1.83. The fraction of sp³-hybridized carbons (Fsp3) is 0.133. The van der Waals surface area contributed by atoms with Crippen LogP contribution in [-0.2, 0) is 10.9 Å². The number of carbonyl (C=O) groups is 2. The third-order valence-corrected chi connectivity index (χ3v) is 3.15. The summed E-state index contributed by atoms with van der Waals surface area (Å²) >= 11 is 5.57. The first kappa shape index (κ1) is 17.7. The van der Waals surface area contributed by atoms with E-state index in [2.05, 4.69) is 15.0 Å². The van der Waals surface area contributed by atoms with Gasteiger partial charge < -0.3 is 10.1 Å². The van der Waals surface area contributed by atoms with Crippen LogP contribution in [0.4, 0.5) is 18.9 Å². The molecule has 1 heterocycles. The van der Waals surface area contributed by atoms with Gasteiger partial charge in [-0.25, -0.2) is 9.78 Å². The van der Waals surface area contributed by atoms with Crippen LogP contribution < -0.4 is 5.32 Å². The molecule has 1 aromatic carbocycles. The van der Waals surface area contributed by atoms with E-state index in [0.29, 0.717) is 6.07 Å². The van der Waals surface area contributed by atoms with Gasteiger partial charge in [-0.2, -0.15) is 13.2 Å². The van der Waals surface area contributed by atoms with Crippen LogP contribution in [0.25, 0.3) is 0 Å². The van der Waals surface area contributed by atoms with Crippen LogP contribution in [-0.4, -0.2) is 24.0 Å². The van der Waals surface area contributed by atoms with E-state index in [1.165, 1.54) is 24.3 Å². The molecule has 0 unspecified atom stereocenters. The summed E-state index contributed by atoms with van der Waals surface area (Å²) in [6.45, 7) is 0. The molecule has 2 rings (SSSR count). The Morgan fingerprint density at radius 1 is 1.17 bits per heavy atom. The minimum Gasteiger partial charge on any atom is -0.464 e. The van der Waals surface area contributed by atoms with Crippen LogP contribution >= 0.6 is 11.6 Å². The number of esters is 1. The topological polar surface area (TPSA) is 68.3 Å². The number of benzene rings is 1. The molecule has 0 saturated heterocycles. The van der Waals surface area contributed by atoms with E-state index >= 15 is 0 Å². The van der Waals surface area contributed by atoms with Gasteiger partial charge in [0.05, 0.1) is 18.4 Å². The van der Waals surface area contributed by atoms with Crippen LogP contribution in [0.15, 0.2) is 36.4 Å². The largest absolute Gasteiger partial charge is 0.464 e. The van der Waals surface area contributed by atoms with E-state index in [0.717, 1.165) is 13.2 Å². The molecule has 0 saturated carbocycles. The Kier molecular flexibility index (Phi) is 5.08. The number of methoxy groups -OCH3 is 1. The lowest BCUT2D eigenvalue weighted by molar-refractivity contribution is -0.136. The highest BCUT2D eigenvalue weighted by Gasteiger charge is 2.34. The molecule has 0 radical (unpaired) electrons. The highest BCUT2D eigenvalue weighted by Crippen LogP contribution is 2.36. The highest BCUT2D eigenvalue weighted by atomic mass is 35.5. The van der Waals surface area contributed by atoms with Gasteiger partial charge in [-0.3, -0.25) is 4.79 Å². The second-order valence-corrected chi connectivity index (χ2v) is 4.98. The van der Waals surface area contributed by atoms with Crippen molar-refractivity contribution >= 4 is 29.2 Å². The van der Waals surface area contributed by atoms with Gasteiger partial charge in [0.1, 0.15) is 11.4 Å². The summed E-state index contributed by atoms with van der Waals surface area (Å²) in [4.78, 5) is 27.3. The first-order valence-corrected chi connectivity index (χ1v) is 6.83. The number of hydrogen-bond donors (Lipinski definition) is 1. The highest BCUT2D eigenvalue weighted by molar-refractivity contribution is 6.30. The summed E-state index contributed by atoms with van der Waals surface area (Å²) in [5.74, 6) is -1.68. The van der Waals surface area contributed by atoms with E-state index in [4.69, 9.17) is 11.6 Å². The third-order valence-electron chi connectivity index (χ3n) is 2.91. The Bertz CT molecular complexity index is 794. The number of nitrogens with zero attached hydrogens (tertiary/aromatic N) is 1. The van der Waals surface area contributed by atoms with E-state index in [1.807, 2.05) is 0 Å². The average Bonchev–Trinajstić information content (AvgIpc) is 2.54. The fourth-order valence-corrected chi connectivity index (χ4v) is 2.00. The van der Waals surface area contributed by atoms with Gasteiger partial charge in [0.15, 0.2) is 0 Å². The van der Waals surface area contributed by atoms with Crippen LogP contribution in [0.5, 0.6) is 0 Å². The molecule has 0 aliphatic carbocycles. The Hall–Kier alpha value is -2.61. The molecule has 1 amide bonds. The molecule has 0 bridgehead atoms. The average molecular weight is 359 g/mol. The molecule has 1 aromatic heterocycles. The smallest absolute Gasteiger partial charge is 0.418 e. The maximum atomic E-state index is 13.0. The van der Waals surface area contributed by atoms with Gasteiger partial charge >= 0.3 is 12.1 Å². The zero-order chi connectivity index (χ0) is 17.9. The normalized spacial score (nSPS) is 11.0. The number of ether oxygens (including phenoxy) is 1. The van der Waals surface area contributed by atoms with Gasteiger partial charge in [0, 0.05) is 5.02 Å². The summed E-state index contributed by atoms with van der Waals surface area (Å²) in [5.41, 5.74) is -1.94. The van der Waals surface area contributed by atoms with Crippen LogP contribution in [0, 0.1) is 0 Å². The number of hydrogen-bond acceptors (Lipinski definition) is 4. The second-order valence-electron chi connectivity index (χ2n) is 4.54. The van der Waals surface area contributed by atoms with E-state index in [1.54, 1.807) is 0 Å². The van der Waals surface area contributed by atoms with Crippen LogP contribution in [0.3, 0.4) is 0 Å². The molecular weight excluding hydrogens is 349 g/mol. The lowest BCUT2D eigenvalue weighted by Crippen LogP contribution is -2.19. The van der Waals surface area contributed by atoms with Gasteiger partial charge in [-0.05, 0) is 30.3 Å². The van der Waals surface area contributed by atoms with Crippen LogP contribution in [0.2, 0.25) is 5.02 Å². The summed E-state index contributed by atoms with van der Waals surface area (Å²) in [5, 5.41) is 1.99. The maximum absolute atomic E-state index is 13.0. The molecule has 5 nitrogen and oxygen atoms in total. The van der Waals surface area contributed by atoms with E-state index < -0.39 is 29.3 Å². The lowest BCUT2D eigenvalue weighted by atomic mass is 10.1. The number of halogens is 4. The molecule has 0 aliphatic heterocycles. The van der Waals surface area contributed by atoms with Gasteiger partial charge in [0.2, 0.25) is 0 Å². The molecule has 24 heavy (non-hydrogen) atoms. The third kappa shape index (κ3) is 4.02. The van der Waals surface area contributed by atoms with Gasteiger partial charge in [-0.1, -0.05) is 17.7 Å². The van der Waals surface area contributed by atoms with Crippen molar-refractivity contribution in [3.63, 3.8) is 0 Å². The molecule has 1 N–H and O–H groups in total. The minimum atomic E-state index is -4.70. The van der Waals surface area contributed by atoms with Gasteiger partial charge in [-0.15, -0.1) is 0 Å². The zero-order valence-electron chi connectivity index (χ0n) is 12.1. The Morgan fingerprint density at radius 2 is 1.83 bits per heavy atom. The van der Waals surface area contributed by atoms with Crippen molar-refractivity contribution in [2.75, 3.05) is 12.4 Å². The molecular formula is C15H10ClF3N2O3. The molecule has 0 atom stereocenters. The van der Waals surface area contributed by atoms with Crippen molar-refractivity contribution in [3.8, 4) is 0 Å². The predicted molar refractivity (Wildman–Crippen MR) is 80.0 cm³/mol. The number of pyridine rings is 1. The first-order chi connectivity index (χ1) is 11.2. The van der Waals surface area contributed by atoms with Crippen molar-refractivity contribution in [2.45, 2.75) is 6.18 Å². The molecule has 0 aliphatic rings. The zero-order valence-corrected chi connectivity index (χ0v) is 12.9. The Balaban J connectivity index is 2.32. The SMILES string of the molecule is COC(=O)c1cccc(C(=O)Nc2ccc(Cl)cc2C(F)(F)F)n1.